The molecule has 4 heteroatoms. The maximum absolute atomic E-state index is 9.07. The van der Waals surface area contributed by atoms with Crippen molar-refractivity contribution in [3.8, 4) is 6.07 Å². The molecular formula is C17H14Cl2N2. The minimum absolute atomic E-state index is 0.245. The van der Waals surface area contributed by atoms with Gasteiger partial charge in [-0.25, -0.2) is 0 Å². The molecule has 1 saturated carbocycles. The highest BCUT2D eigenvalue weighted by Crippen LogP contribution is 2.43. The summed E-state index contributed by atoms with van der Waals surface area (Å²) in [5, 5.41) is 13.8. The summed E-state index contributed by atoms with van der Waals surface area (Å²) in [7, 11) is 0. The van der Waals surface area contributed by atoms with E-state index in [0.717, 1.165) is 10.7 Å². The molecule has 2 nitrogen and oxygen atoms in total. The zero-order valence-corrected chi connectivity index (χ0v) is 12.8. The van der Waals surface area contributed by atoms with Gasteiger partial charge in [0.1, 0.15) is 6.07 Å². The highest BCUT2D eigenvalue weighted by atomic mass is 35.5. The van der Waals surface area contributed by atoms with Gasteiger partial charge in [0.05, 0.1) is 16.6 Å². The van der Waals surface area contributed by atoms with Gasteiger partial charge in [-0.15, -0.1) is 0 Å². The Labute approximate surface area is 134 Å². The van der Waals surface area contributed by atoms with Crippen LogP contribution in [0.25, 0.3) is 0 Å². The number of anilines is 1. The monoisotopic (exact) mass is 316 g/mol. The van der Waals surface area contributed by atoms with Gasteiger partial charge >= 0.3 is 0 Å². The van der Waals surface area contributed by atoms with E-state index in [0.29, 0.717) is 16.5 Å². The summed E-state index contributed by atoms with van der Waals surface area (Å²) in [6.45, 7) is 0. The van der Waals surface area contributed by atoms with Crippen LogP contribution in [0.2, 0.25) is 10.0 Å². The molecule has 1 atom stereocenters. The Morgan fingerprint density at radius 1 is 1.10 bits per heavy atom. The van der Waals surface area contributed by atoms with Crippen LogP contribution >= 0.6 is 23.2 Å². The SMILES string of the molecule is N#Cc1cc(NC(c2ccc(Cl)cc2)C2CC2)ccc1Cl. The number of nitrogens with one attached hydrogen (secondary N) is 1. The predicted octanol–water partition coefficient (Wildman–Crippen LogP) is 5.43. The zero-order valence-electron chi connectivity index (χ0n) is 11.3. The van der Waals surface area contributed by atoms with E-state index in [1.54, 1.807) is 12.1 Å². The van der Waals surface area contributed by atoms with Gasteiger partial charge in [-0.1, -0.05) is 35.3 Å². The van der Waals surface area contributed by atoms with Crippen LogP contribution in [0.15, 0.2) is 42.5 Å². The molecule has 1 N–H and O–H groups in total. The zero-order chi connectivity index (χ0) is 14.8. The predicted molar refractivity (Wildman–Crippen MR) is 86.7 cm³/mol. The van der Waals surface area contributed by atoms with E-state index < -0.39 is 0 Å². The lowest BCUT2D eigenvalue weighted by molar-refractivity contribution is 0.679. The molecule has 1 aliphatic rings. The van der Waals surface area contributed by atoms with Crippen molar-refractivity contribution in [2.75, 3.05) is 5.32 Å². The first-order chi connectivity index (χ1) is 10.2. The second-order valence-corrected chi connectivity index (χ2v) is 6.16. The van der Waals surface area contributed by atoms with Crippen LogP contribution in [0.1, 0.15) is 30.0 Å². The molecule has 21 heavy (non-hydrogen) atoms. The molecule has 0 heterocycles. The van der Waals surface area contributed by atoms with E-state index in [-0.39, 0.29) is 6.04 Å². The number of nitriles is 1. The third-order valence-electron chi connectivity index (χ3n) is 3.73. The van der Waals surface area contributed by atoms with Gasteiger partial charge in [0.2, 0.25) is 0 Å². The Morgan fingerprint density at radius 2 is 1.81 bits per heavy atom. The van der Waals surface area contributed by atoms with Gasteiger partial charge in [-0.3, -0.25) is 0 Å². The van der Waals surface area contributed by atoms with E-state index in [4.69, 9.17) is 28.5 Å². The van der Waals surface area contributed by atoms with Crippen molar-refractivity contribution in [3.05, 3.63) is 63.6 Å². The van der Waals surface area contributed by atoms with E-state index >= 15 is 0 Å². The van der Waals surface area contributed by atoms with E-state index in [1.165, 1.54) is 18.4 Å². The number of benzene rings is 2. The minimum Gasteiger partial charge on any atom is -0.378 e. The number of rotatable bonds is 4. The Balaban J connectivity index is 1.86. The van der Waals surface area contributed by atoms with Gasteiger partial charge in [0.25, 0.3) is 0 Å². The molecule has 106 valence electrons. The van der Waals surface area contributed by atoms with E-state index in [1.807, 2.05) is 18.2 Å². The summed E-state index contributed by atoms with van der Waals surface area (Å²) in [6, 6.07) is 15.8. The molecule has 0 radical (unpaired) electrons. The highest BCUT2D eigenvalue weighted by Gasteiger charge is 2.32. The largest absolute Gasteiger partial charge is 0.378 e. The molecule has 1 aliphatic carbocycles. The lowest BCUT2D eigenvalue weighted by Crippen LogP contribution is -2.12. The van der Waals surface area contributed by atoms with Crippen LogP contribution < -0.4 is 5.32 Å². The number of hydrogen-bond donors (Lipinski definition) is 1. The maximum atomic E-state index is 9.07. The quantitative estimate of drug-likeness (QED) is 0.816. The highest BCUT2D eigenvalue weighted by molar-refractivity contribution is 6.31. The maximum Gasteiger partial charge on any atom is 0.101 e. The Morgan fingerprint density at radius 3 is 2.43 bits per heavy atom. The van der Waals surface area contributed by atoms with Gasteiger partial charge in [0.15, 0.2) is 0 Å². The molecular weight excluding hydrogens is 303 g/mol. The summed E-state index contributed by atoms with van der Waals surface area (Å²) in [5.41, 5.74) is 2.63. The van der Waals surface area contributed by atoms with Crippen LogP contribution in [-0.2, 0) is 0 Å². The first-order valence-electron chi connectivity index (χ1n) is 6.89. The molecule has 1 fully saturated rings. The fraction of sp³-hybridized carbons (Fsp3) is 0.235. The fourth-order valence-electron chi connectivity index (χ4n) is 2.45. The summed E-state index contributed by atoms with van der Waals surface area (Å²) >= 11 is 11.9. The third kappa shape index (κ3) is 3.32. The molecule has 0 aromatic heterocycles. The molecule has 3 rings (SSSR count). The van der Waals surface area contributed by atoms with Crippen molar-refractivity contribution in [2.45, 2.75) is 18.9 Å². The lowest BCUT2D eigenvalue weighted by Gasteiger charge is -2.20. The molecule has 1 unspecified atom stereocenters. The molecule has 2 aromatic rings. The molecule has 0 bridgehead atoms. The molecule has 0 saturated heterocycles. The van der Waals surface area contributed by atoms with Crippen molar-refractivity contribution in [3.63, 3.8) is 0 Å². The minimum atomic E-state index is 0.245. The standard InChI is InChI=1S/C17H14Cl2N2/c18-14-5-3-12(4-6-14)17(11-1-2-11)21-15-7-8-16(19)13(9-15)10-20/h3-9,11,17,21H,1-2H2. The van der Waals surface area contributed by atoms with Crippen molar-refractivity contribution in [1.82, 2.24) is 0 Å². The number of nitrogens with zero attached hydrogens (tertiary/aromatic N) is 1. The third-order valence-corrected chi connectivity index (χ3v) is 4.31. The second kappa shape index (κ2) is 5.97. The van der Waals surface area contributed by atoms with Crippen LogP contribution in [0.5, 0.6) is 0 Å². The van der Waals surface area contributed by atoms with Crippen molar-refractivity contribution in [1.29, 1.82) is 5.26 Å². The van der Waals surface area contributed by atoms with Crippen molar-refractivity contribution in [2.24, 2.45) is 5.92 Å². The fourth-order valence-corrected chi connectivity index (χ4v) is 2.74. The van der Waals surface area contributed by atoms with E-state index in [2.05, 4.69) is 23.5 Å². The van der Waals surface area contributed by atoms with Crippen LogP contribution in [0.4, 0.5) is 5.69 Å². The normalized spacial score (nSPS) is 15.3. The first kappa shape index (κ1) is 14.3. The summed E-state index contributed by atoms with van der Waals surface area (Å²) in [4.78, 5) is 0. The van der Waals surface area contributed by atoms with Gasteiger partial charge in [0, 0.05) is 10.7 Å². The average molecular weight is 317 g/mol. The van der Waals surface area contributed by atoms with Gasteiger partial charge < -0.3 is 5.32 Å². The van der Waals surface area contributed by atoms with Crippen LogP contribution in [0, 0.1) is 17.2 Å². The summed E-state index contributed by atoms with van der Waals surface area (Å²) in [5.74, 6) is 0.632. The summed E-state index contributed by atoms with van der Waals surface area (Å²) < 4.78 is 0. The topological polar surface area (TPSA) is 35.8 Å². The molecule has 2 aromatic carbocycles. The summed E-state index contributed by atoms with van der Waals surface area (Å²) in [6.07, 6.45) is 2.44. The van der Waals surface area contributed by atoms with Crippen molar-refractivity contribution >= 4 is 28.9 Å². The Hall–Kier alpha value is -1.69. The first-order valence-corrected chi connectivity index (χ1v) is 7.64. The Kier molecular flexibility index (Phi) is 4.05. The average Bonchev–Trinajstić information content (AvgIpc) is 3.32. The number of hydrogen-bond acceptors (Lipinski definition) is 2. The van der Waals surface area contributed by atoms with E-state index in [9.17, 15) is 0 Å². The van der Waals surface area contributed by atoms with Crippen molar-refractivity contribution < 1.29 is 0 Å². The smallest absolute Gasteiger partial charge is 0.101 e. The molecule has 0 aliphatic heterocycles. The number of halogens is 2. The van der Waals surface area contributed by atoms with Crippen LogP contribution in [-0.4, -0.2) is 0 Å². The second-order valence-electron chi connectivity index (χ2n) is 5.32. The van der Waals surface area contributed by atoms with Crippen LogP contribution in [0.3, 0.4) is 0 Å². The lowest BCUT2D eigenvalue weighted by atomic mass is 10.0. The Bertz CT molecular complexity index is 685. The van der Waals surface area contributed by atoms with Gasteiger partial charge in [-0.05, 0) is 54.7 Å². The van der Waals surface area contributed by atoms with Gasteiger partial charge in [-0.2, -0.15) is 5.26 Å². The molecule has 0 spiro atoms. The molecule has 0 amide bonds.